The average Bonchev–Trinajstić information content (AvgIpc) is 2.63. The molecule has 0 atom stereocenters. The lowest BCUT2D eigenvalue weighted by molar-refractivity contribution is -0.384. The Labute approximate surface area is 152 Å². The standard InChI is InChI=1S/C17H21N3O5S/c1-3-19(14-7-5-4-6-8-14)26(23,24)15-9-10-16(18-11-12-25-2)17(13-15)20(21)22/h4-10,13,18H,3,11-12H2,1-2H3. The number of nitro benzene ring substituents is 1. The van der Waals surface area contributed by atoms with Gasteiger partial charge in [0, 0.05) is 26.3 Å². The minimum atomic E-state index is -3.93. The number of hydrogen-bond donors (Lipinski definition) is 1. The molecule has 0 unspecified atom stereocenters. The van der Waals surface area contributed by atoms with Gasteiger partial charge in [0.25, 0.3) is 15.7 Å². The molecule has 0 heterocycles. The molecule has 9 heteroatoms. The zero-order valence-electron chi connectivity index (χ0n) is 14.6. The summed E-state index contributed by atoms with van der Waals surface area (Å²) >= 11 is 0. The van der Waals surface area contributed by atoms with E-state index in [1.54, 1.807) is 37.3 Å². The van der Waals surface area contributed by atoms with Crippen molar-refractivity contribution in [1.82, 2.24) is 0 Å². The van der Waals surface area contributed by atoms with Crippen LogP contribution >= 0.6 is 0 Å². The molecule has 0 bridgehead atoms. The quantitative estimate of drug-likeness (QED) is 0.408. The van der Waals surface area contributed by atoms with Gasteiger partial charge in [0.1, 0.15) is 5.69 Å². The Balaban J connectivity index is 2.42. The second-order valence-electron chi connectivity index (χ2n) is 5.36. The van der Waals surface area contributed by atoms with Crippen molar-refractivity contribution in [2.45, 2.75) is 11.8 Å². The predicted molar refractivity (Wildman–Crippen MR) is 100 cm³/mol. The summed E-state index contributed by atoms with van der Waals surface area (Å²) in [4.78, 5) is 10.6. The number of ether oxygens (including phenoxy) is 1. The van der Waals surface area contributed by atoms with Crippen LogP contribution in [0.1, 0.15) is 6.92 Å². The predicted octanol–water partition coefficient (Wildman–Crippen LogP) is 2.87. The van der Waals surface area contributed by atoms with E-state index in [2.05, 4.69) is 5.32 Å². The maximum atomic E-state index is 13.0. The number of para-hydroxylation sites is 1. The van der Waals surface area contributed by atoms with E-state index >= 15 is 0 Å². The van der Waals surface area contributed by atoms with Crippen LogP contribution in [-0.4, -0.2) is 40.1 Å². The number of hydrogen-bond acceptors (Lipinski definition) is 6. The van der Waals surface area contributed by atoms with Crippen LogP contribution in [0.4, 0.5) is 17.1 Å². The van der Waals surface area contributed by atoms with Crippen molar-refractivity contribution in [2.24, 2.45) is 0 Å². The summed E-state index contributed by atoms with van der Waals surface area (Å²) in [5, 5.41) is 14.2. The Kier molecular flexibility index (Phi) is 6.53. The summed E-state index contributed by atoms with van der Waals surface area (Å²) in [6, 6.07) is 12.5. The molecular formula is C17H21N3O5S. The van der Waals surface area contributed by atoms with E-state index in [4.69, 9.17) is 4.74 Å². The lowest BCUT2D eigenvalue weighted by atomic mass is 10.2. The van der Waals surface area contributed by atoms with E-state index in [0.29, 0.717) is 18.8 Å². The van der Waals surface area contributed by atoms with Gasteiger partial charge in [-0.05, 0) is 31.2 Å². The van der Waals surface area contributed by atoms with Gasteiger partial charge in [-0.3, -0.25) is 14.4 Å². The van der Waals surface area contributed by atoms with Gasteiger partial charge in [0.15, 0.2) is 0 Å². The Morgan fingerprint density at radius 1 is 1.19 bits per heavy atom. The Bertz CT molecular complexity index is 856. The molecule has 2 rings (SSSR count). The van der Waals surface area contributed by atoms with Crippen molar-refractivity contribution in [2.75, 3.05) is 36.4 Å². The first kappa shape index (κ1) is 19.7. The fourth-order valence-electron chi connectivity index (χ4n) is 2.47. The lowest BCUT2D eigenvalue weighted by Crippen LogP contribution is -2.30. The minimum absolute atomic E-state index is 0.132. The van der Waals surface area contributed by atoms with Crippen LogP contribution in [0.25, 0.3) is 0 Å². The first-order chi connectivity index (χ1) is 12.4. The Hall–Kier alpha value is -2.65. The van der Waals surface area contributed by atoms with E-state index in [1.807, 2.05) is 0 Å². The molecule has 1 N–H and O–H groups in total. The molecule has 0 spiro atoms. The maximum Gasteiger partial charge on any atom is 0.293 e. The van der Waals surface area contributed by atoms with Gasteiger partial charge in [-0.2, -0.15) is 0 Å². The molecule has 0 fully saturated rings. The van der Waals surface area contributed by atoms with Gasteiger partial charge in [-0.1, -0.05) is 18.2 Å². The number of anilines is 2. The second kappa shape index (κ2) is 8.63. The summed E-state index contributed by atoms with van der Waals surface area (Å²) < 4.78 is 32.1. The summed E-state index contributed by atoms with van der Waals surface area (Å²) in [5.74, 6) is 0. The van der Waals surface area contributed by atoms with Crippen LogP contribution in [0.2, 0.25) is 0 Å². The van der Waals surface area contributed by atoms with Crippen LogP contribution in [0.3, 0.4) is 0 Å². The highest BCUT2D eigenvalue weighted by atomic mass is 32.2. The number of rotatable bonds is 9. The van der Waals surface area contributed by atoms with E-state index in [9.17, 15) is 18.5 Å². The zero-order valence-corrected chi connectivity index (χ0v) is 15.4. The van der Waals surface area contributed by atoms with E-state index in [0.717, 1.165) is 6.07 Å². The third-order valence-corrected chi connectivity index (χ3v) is 5.61. The molecule has 140 valence electrons. The average molecular weight is 379 g/mol. The van der Waals surface area contributed by atoms with Crippen LogP contribution in [-0.2, 0) is 14.8 Å². The van der Waals surface area contributed by atoms with Crippen molar-refractivity contribution in [3.63, 3.8) is 0 Å². The largest absolute Gasteiger partial charge is 0.383 e. The molecule has 0 radical (unpaired) electrons. The Morgan fingerprint density at radius 3 is 2.46 bits per heavy atom. The zero-order chi connectivity index (χ0) is 19.2. The van der Waals surface area contributed by atoms with Crippen molar-refractivity contribution < 1.29 is 18.1 Å². The molecule has 0 aliphatic carbocycles. The van der Waals surface area contributed by atoms with Gasteiger partial charge >= 0.3 is 0 Å². The number of nitro groups is 1. The molecule has 8 nitrogen and oxygen atoms in total. The van der Waals surface area contributed by atoms with E-state index in [1.165, 1.54) is 23.5 Å². The molecule has 0 amide bonds. The topological polar surface area (TPSA) is 102 Å². The highest BCUT2D eigenvalue weighted by molar-refractivity contribution is 7.92. The second-order valence-corrected chi connectivity index (χ2v) is 7.22. The molecule has 2 aromatic rings. The monoisotopic (exact) mass is 379 g/mol. The normalized spacial score (nSPS) is 11.2. The number of sulfonamides is 1. The molecule has 0 saturated carbocycles. The van der Waals surface area contributed by atoms with Crippen molar-refractivity contribution >= 4 is 27.1 Å². The summed E-state index contributed by atoms with van der Waals surface area (Å²) in [6.07, 6.45) is 0. The molecule has 2 aromatic carbocycles. The smallest absolute Gasteiger partial charge is 0.293 e. The Morgan fingerprint density at radius 2 is 1.88 bits per heavy atom. The van der Waals surface area contributed by atoms with Crippen LogP contribution in [0.5, 0.6) is 0 Å². The summed E-state index contributed by atoms with van der Waals surface area (Å²) in [6.45, 7) is 2.65. The molecular weight excluding hydrogens is 358 g/mol. The van der Waals surface area contributed by atoms with E-state index in [-0.39, 0.29) is 22.8 Å². The SMILES string of the molecule is CCN(c1ccccc1)S(=O)(=O)c1ccc(NCCOC)c([N+](=O)[O-])c1. The van der Waals surface area contributed by atoms with Gasteiger partial charge in [-0.15, -0.1) is 0 Å². The highest BCUT2D eigenvalue weighted by Gasteiger charge is 2.26. The maximum absolute atomic E-state index is 13.0. The number of nitrogens with one attached hydrogen (secondary N) is 1. The number of nitrogens with zero attached hydrogens (tertiary/aromatic N) is 2. The number of benzene rings is 2. The van der Waals surface area contributed by atoms with Gasteiger partial charge in [0.2, 0.25) is 0 Å². The third-order valence-electron chi connectivity index (χ3n) is 3.71. The van der Waals surface area contributed by atoms with Gasteiger partial charge in [0.05, 0.1) is 22.1 Å². The highest BCUT2D eigenvalue weighted by Crippen LogP contribution is 2.30. The van der Waals surface area contributed by atoms with Crippen LogP contribution < -0.4 is 9.62 Å². The van der Waals surface area contributed by atoms with Crippen molar-refractivity contribution in [1.29, 1.82) is 0 Å². The summed E-state index contributed by atoms with van der Waals surface area (Å²) in [5.41, 5.74) is 0.444. The molecule has 0 aliphatic heterocycles. The molecule has 0 saturated heterocycles. The summed E-state index contributed by atoms with van der Waals surface area (Å²) in [7, 11) is -2.40. The van der Waals surface area contributed by atoms with Crippen molar-refractivity contribution in [3.05, 3.63) is 58.6 Å². The number of methoxy groups -OCH3 is 1. The fraction of sp³-hybridized carbons (Fsp3) is 0.294. The lowest BCUT2D eigenvalue weighted by Gasteiger charge is -2.23. The van der Waals surface area contributed by atoms with Gasteiger partial charge in [-0.25, -0.2) is 8.42 Å². The molecule has 0 aliphatic rings. The molecule has 26 heavy (non-hydrogen) atoms. The first-order valence-electron chi connectivity index (χ1n) is 8.00. The van der Waals surface area contributed by atoms with Crippen LogP contribution in [0.15, 0.2) is 53.4 Å². The first-order valence-corrected chi connectivity index (χ1v) is 9.44. The molecule has 0 aromatic heterocycles. The van der Waals surface area contributed by atoms with Crippen molar-refractivity contribution in [3.8, 4) is 0 Å². The minimum Gasteiger partial charge on any atom is -0.383 e. The fourth-order valence-corrected chi connectivity index (χ4v) is 3.97. The third kappa shape index (κ3) is 4.30. The van der Waals surface area contributed by atoms with E-state index < -0.39 is 14.9 Å². The van der Waals surface area contributed by atoms with Crippen LogP contribution in [0, 0.1) is 10.1 Å². The van der Waals surface area contributed by atoms with Gasteiger partial charge < -0.3 is 10.1 Å².